The van der Waals surface area contributed by atoms with Crippen LogP contribution in [0.2, 0.25) is 0 Å². The molecule has 2 aromatic heterocycles. The maximum Gasteiger partial charge on any atom is 0.494 e. The van der Waals surface area contributed by atoms with E-state index in [0.717, 1.165) is 86.1 Å². The average Bonchev–Trinajstić information content (AvgIpc) is 3.64. The number of aromatic nitrogens is 4. The van der Waals surface area contributed by atoms with Gasteiger partial charge in [-0.2, -0.15) is 0 Å². The first-order valence-corrected chi connectivity index (χ1v) is 26.4. The van der Waals surface area contributed by atoms with E-state index in [1.165, 1.54) is 30.7 Å². The molecule has 0 radical (unpaired) electrons. The second-order valence-electron chi connectivity index (χ2n) is 18.8. The lowest BCUT2D eigenvalue weighted by Gasteiger charge is -2.32. The smallest absolute Gasteiger partial charge is 0.399 e. The van der Waals surface area contributed by atoms with E-state index in [1.807, 2.05) is 42.7 Å². The van der Waals surface area contributed by atoms with Gasteiger partial charge in [0.2, 0.25) is 0 Å². The fourth-order valence-corrected chi connectivity index (χ4v) is 11.1. The van der Waals surface area contributed by atoms with Crippen LogP contribution >= 0.6 is 54.5 Å². The van der Waals surface area contributed by atoms with Crippen LogP contribution in [0, 0.1) is 3.57 Å². The lowest BCUT2D eigenvalue weighted by Crippen LogP contribution is -2.41. The van der Waals surface area contributed by atoms with E-state index in [9.17, 15) is 0 Å². The van der Waals surface area contributed by atoms with E-state index < -0.39 is 7.12 Å². The molecule has 12 aromatic rings. The zero-order valence-electron chi connectivity index (χ0n) is 39.9. The van der Waals surface area contributed by atoms with E-state index in [1.54, 1.807) is 0 Å². The predicted octanol–water partition coefficient (Wildman–Crippen LogP) is 17.0. The molecule has 1 saturated heterocycles. The van der Waals surface area contributed by atoms with Crippen molar-refractivity contribution >= 4 is 132 Å². The van der Waals surface area contributed by atoms with Crippen LogP contribution in [0.25, 0.3) is 98.8 Å². The van der Waals surface area contributed by atoms with Crippen molar-refractivity contribution in [1.82, 2.24) is 19.9 Å². The molecule has 10 heteroatoms. The Morgan fingerprint density at radius 3 is 1.21 bits per heavy atom. The zero-order chi connectivity index (χ0) is 49.6. The summed E-state index contributed by atoms with van der Waals surface area (Å²) in [5.74, 6) is 0. The molecule has 1 fully saturated rings. The number of hydrogen-bond acceptors (Lipinski definition) is 6. The Balaban J connectivity index is 0.000000135. The van der Waals surface area contributed by atoms with Gasteiger partial charge in [-0.3, -0.25) is 9.97 Å². The number of nitrogens with zero attached hydrogens (tertiary/aromatic N) is 4. The van der Waals surface area contributed by atoms with Gasteiger partial charge in [0.15, 0.2) is 0 Å². The van der Waals surface area contributed by atoms with Gasteiger partial charge in [-0.1, -0.05) is 190 Å². The van der Waals surface area contributed by atoms with E-state index >= 15 is 0 Å². The van der Waals surface area contributed by atoms with Crippen LogP contribution in [0.4, 0.5) is 0 Å². The highest BCUT2D eigenvalue weighted by atomic mass is 127. The molecule has 1 aliphatic heterocycles. The van der Waals surface area contributed by atoms with Crippen molar-refractivity contribution in [3.8, 4) is 33.6 Å². The molecule has 13 rings (SSSR count). The summed E-state index contributed by atoms with van der Waals surface area (Å²) in [5.41, 5.74) is 10.1. The fraction of sp³-hybridized carbons (Fsp3) is 0.0968. The largest absolute Gasteiger partial charge is 0.494 e. The highest BCUT2D eigenvalue weighted by molar-refractivity contribution is 14.1. The summed E-state index contributed by atoms with van der Waals surface area (Å²) < 4.78 is 16.0. The van der Waals surface area contributed by atoms with Crippen LogP contribution in [0.5, 0.6) is 0 Å². The Kier molecular flexibility index (Phi) is 13.2. The maximum absolute atomic E-state index is 6.26. The molecule has 0 N–H and O–H groups in total. The van der Waals surface area contributed by atoms with E-state index in [4.69, 9.17) is 29.2 Å². The van der Waals surface area contributed by atoms with Gasteiger partial charge < -0.3 is 9.31 Å². The molecule has 0 spiro atoms. The predicted molar refractivity (Wildman–Crippen MR) is 316 cm³/mol. The van der Waals surface area contributed by atoms with Gasteiger partial charge >= 0.3 is 7.12 Å². The molecule has 0 saturated carbocycles. The lowest BCUT2D eigenvalue weighted by atomic mass is 9.78. The van der Waals surface area contributed by atoms with Gasteiger partial charge in [0, 0.05) is 45.2 Å². The first-order valence-electron chi connectivity index (χ1n) is 23.8. The number of benzene rings is 10. The first-order chi connectivity index (χ1) is 34.9. The molecular weight excluding hydrogens is 1130 g/mol. The molecule has 3 heterocycles. The highest BCUT2D eigenvalue weighted by Crippen LogP contribution is 2.38. The summed E-state index contributed by atoms with van der Waals surface area (Å²) in [4.78, 5) is 20.0. The van der Waals surface area contributed by atoms with Crippen molar-refractivity contribution in [2.75, 3.05) is 0 Å². The van der Waals surface area contributed by atoms with Crippen LogP contribution in [0.3, 0.4) is 0 Å². The van der Waals surface area contributed by atoms with Crippen molar-refractivity contribution in [3.63, 3.8) is 0 Å². The van der Waals surface area contributed by atoms with Crippen molar-refractivity contribution < 1.29 is 9.31 Å². The number of fused-ring (bicyclic) bond motifs is 12. The lowest BCUT2D eigenvalue weighted by molar-refractivity contribution is 0.00578. The summed E-state index contributed by atoms with van der Waals surface area (Å²) in [6.07, 6.45) is 3.76. The Morgan fingerprint density at radius 2 is 0.764 bits per heavy atom. The Hall–Kier alpha value is -6.41. The average molecular weight is 1180 g/mol. The molecule has 0 unspecified atom stereocenters. The summed E-state index contributed by atoms with van der Waals surface area (Å²) in [5, 5.41) is 9.32. The van der Waals surface area contributed by atoms with Crippen LogP contribution < -0.4 is 5.46 Å². The van der Waals surface area contributed by atoms with Gasteiger partial charge in [0.25, 0.3) is 0 Å². The Bertz CT molecular complexity index is 3930. The third kappa shape index (κ3) is 9.43. The van der Waals surface area contributed by atoms with Gasteiger partial charge in [-0.15, -0.1) is 0 Å². The van der Waals surface area contributed by atoms with Crippen molar-refractivity contribution in [2.24, 2.45) is 0 Å². The van der Waals surface area contributed by atoms with Crippen LogP contribution in [0.1, 0.15) is 27.7 Å². The second kappa shape index (κ2) is 19.9. The van der Waals surface area contributed by atoms with Crippen LogP contribution in [-0.2, 0) is 9.31 Å². The van der Waals surface area contributed by atoms with E-state index in [2.05, 4.69) is 246 Å². The zero-order valence-corrected chi connectivity index (χ0v) is 45.3. The van der Waals surface area contributed by atoms with Gasteiger partial charge in [-0.25, -0.2) is 9.97 Å². The summed E-state index contributed by atoms with van der Waals surface area (Å²) in [7, 11) is -0.409. The standard InChI is InChI=1S/C28H25BN2O2.C28H17BrN2.C6H4BrI/c1-27(2)28(3,4)33-29(32-27)19-11-9-10-18(16-19)24-17-30-25-22-14-7-5-12-20(22)21-13-6-8-15-23(21)26(25)31-24;29-21-10-6-8-19(16-21)18-7-5-9-20(15-18)26-17-30-27-24-13-3-1-11-22(24)23-12-2-4-14-25(23)28(27)31-26;7-5-2-1-3-6(8)4-5/h5-17H,1-4H3;1-17H;1-4H. The van der Waals surface area contributed by atoms with Gasteiger partial charge in [0.1, 0.15) is 0 Å². The Morgan fingerprint density at radius 1 is 0.389 bits per heavy atom. The number of rotatable bonds is 4. The molecule has 1 aliphatic rings. The van der Waals surface area contributed by atoms with Crippen molar-refractivity contribution in [3.05, 3.63) is 219 Å². The Labute approximate surface area is 449 Å². The number of hydrogen-bond donors (Lipinski definition) is 0. The molecule has 72 heavy (non-hydrogen) atoms. The summed E-state index contributed by atoms with van der Waals surface area (Å²) in [6, 6.07) is 66.9. The SMILES string of the molecule is Brc1cccc(-c2cccc(-c3cnc4c5ccccc5c5ccccc5c4n3)c2)c1.Brc1cccc(I)c1.CC1(C)OB(c2cccc(-c3cnc4c5ccccc5c5ccccc5c4n3)c2)OC1(C)C. The second-order valence-corrected chi connectivity index (χ2v) is 21.9. The quantitative estimate of drug-likeness (QED) is 0.0993. The van der Waals surface area contributed by atoms with Crippen molar-refractivity contribution in [2.45, 2.75) is 38.9 Å². The number of halogens is 3. The third-order valence-electron chi connectivity index (χ3n) is 13.7. The van der Waals surface area contributed by atoms with Crippen LogP contribution in [-0.4, -0.2) is 38.3 Å². The monoisotopic (exact) mass is 1170 g/mol. The molecule has 350 valence electrons. The summed E-state index contributed by atoms with van der Waals surface area (Å²) >= 11 is 9.20. The highest BCUT2D eigenvalue weighted by Gasteiger charge is 2.51. The van der Waals surface area contributed by atoms with E-state index in [-0.39, 0.29) is 11.2 Å². The van der Waals surface area contributed by atoms with Crippen molar-refractivity contribution in [1.29, 1.82) is 0 Å². The molecule has 0 atom stereocenters. The minimum absolute atomic E-state index is 0.379. The summed E-state index contributed by atoms with van der Waals surface area (Å²) in [6.45, 7) is 8.28. The maximum atomic E-state index is 6.26. The molecule has 0 aliphatic carbocycles. The molecular formula is C62H46BBr2IN4O2. The third-order valence-corrected chi connectivity index (χ3v) is 15.3. The van der Waals surface area contributed by atoms with Gasteiger partial charge in [-0.05, 0) is 125 Å². The normalized spacial score (nSPS) is 13.8. The molecule has 6 nitrogen and oxygen atoms in total. The topological polar surface area (TPSA) is 70.0 Å². The van der Waals surface area contributed by atoms with Gasteiger partial charge in [0.05, 0.1) is 57.1 Å². The molecule has 0 bridgehead atoms. The molecule has 0 amide bonds. The fourth-order valence-electron chi connectivity index (χ4n) is 9.33. The molecule has 10 aromatic carbocycles. The minimum Gasteiger partial charge on any atom is -0.399 e. The minimum atomic E-state index is -0.409. The van der Waals surface area contributed by atoms with E-state index in [0.29, 0.717) is 0 Å². The van der Waals surface area contributed by atoms with Crippen LogP contribution in [0.15, 0.2) is 215 Å². The first kappa shape index (κ1) is 47.9.